The fraction of sp³-hybridized carbons (Fsp3) is 0.500. The van der Waals surface area contributed by atoms with Crippen LogP contribution in [-0.4, -0.2) is 37.1 Å². The number of fused-ring (bicyclic) bond motifs is 1. The lowest BCUT2D eigenvalue weighted by molar-refractivity contribution is -0.0150. The molecule has 0 bridgehead atoms. The fourth-order valence-electron chi connectivity index (χ4n) is 2.32. The van der Waals surface area contributed by atoms with E-state index in [0.29, 0.717) is 5.65 Å². The van der Waals surface area contributed by atoms with E-state index in [2.05, 4.69) is 27.2 Å². The summed E-state index contributed by atoms with van der Waals surface area (Å²) in [6, 6.07) is 0. The first kappa shape index (κ1) is 14.7. The Hall–Kier alpha value is -1.19. The van der Waals surface area contributed by atoms with Gasteiger partial charge in [0.1, 0.15) is 6.23 Å². The summed E-state index contributed by atoms with van der Waals surface area (Å²) >= 11 is 3.79. The number of nitrogens with two attached hydrogens (primary N) is 1. The molecule has 2 aromatic heterocycles. The summed E-state index contributed by atoms with van der Waals surface area (Å²) in [5, 5.41) is 0. The van der Waals surface area contributed by atoms with Crippen LogP contribution in [0.25, 0.3) is 11.2 Å². The van der Waals surface area contributed by atoms with E-state index < -0.39 is 7.58 Å². The molecule has 0 radical (unpaired) electrons. The number of nitrogens with one attached hydrogen (secondary N) is 1. The topological polar surface area (TPSA) is 128 Å². The van der Waals surface area contributed by atoms with Crippen LogP contribution in [0.3, 0.4) is 0 Å². The van der Waals surface area contributed by atoms with Gasteiger partial charge in [-0.1, -0.05) is 12.2 Å². The van der Waals surface area contributed by atoms with Crippen LogP contribution in [0.2, 0.25) is 0 Å². The van der Waals surface area contributed by atoms with Crippen LogP contribution >= 0.6 is 19.8 Å². The minimum absolute atomic E-state index is 0.0353. The summed E-state index contributed by atoms with van der Waals surface area (Å²) in [6.07, 6.45) is 2.57. The van der Waals surface area contributed by atoms with E-state index in [1.807, 2.05) is 0 Å². The van der Waals surface area contributed by atoms with Crippen molar-refractivity contribution < 1.29 is 14.2 Å². The zero-order valence-electron chi connectivity index (χ0n) is 10.8. The fourth-order valence-corrected chi connectivity index (χ4v) is 2.82. The number of thiol groups is 1. The van der Waals surface area contributed by atoms with Crippen molar-refractivity contribution in [3.05, 3.63) is 16.7 Å². The molecule has 0 spiro atoms. The van der Waals surface area contributed by atoms with Gasteiger partial charge in [0.25, 0.3) is 5.56 Å². The Kier molecular flexibility index (Phi) is 4.14. The number of H-pyrrole nitrogens is 1. The number of nitrogens with zero attached hydrogens (tertiary/aromatic N) is 3. The monoisotopic (exact) mass is 331 g/mol. The van der Waals surface area contributed by atoms with E-state index in [1.165, 1.54) is 6.33 Å². The Bertz CT molecular complexity index is 704. The Morgan fingerprint density at radius 1 is 1.67 bits per heavy atom. The summed E-state index contributed by atoms with van der Waals surface area (Å²) in [5.74, 6) is 0.0353. The molecule has 3 atom stereocenters. The van der Waals surface area contributed by atoms with Gasteiger partial charge in [0.15, 0.2) is 11.2 Å². The Morgan fingerprint density at radius 3 is 3.24 bits per heavy atom. The molecule has 11 heteroatoms. The zero-order valence-corrected chi connectivity index (χ0v) is 12.6. The van der Waals surface area contributed by atoms with E-state index >= 15 is 0 Å². The molecule has 1 unspecified atom stereocenters. The third-order valence-electron chi connectivity index (χ3n) is 3.22. The summed E-state index contributed by atoms with van der Waals surface area (Å²) in [7, 11) is -1.69. The molecule has 21 heavy (non-hydrogen) atoms. The van der Waals surface area contributed by atoms with E-state index in [0.717, 1.165) is 12.8 Å². The van der Waals surface area contributed by atoms with Crippen molar-refractivity contribution in [1.29, 1.82) is 0 Å². The Labute approximate surface area is 125 Å². The largest absolute Gasteiger partial charge is 0.369 e. The molecule has 9 nitrogen and oxygen atoms in total. The highest BCUT2D eigenvalue weighted by molar-refractivity contribution is 8.41. The molecule has 2 aromatic rings. The van der Waals surface area contributed by atoms with Crippen molar-refractivity contribution in [3.8, 4) is 0 Å². The van der Waals surface area contributed by atoms with Gasteiger partial charge < -0.3 is 19.9 Å². The lowest BCUT2D eigenvalue weighted by Crippen LogP contribution is -2.16. The lowest BCUT2D eigenvalue weighted by atomic mass is 10.2. The maximum Gasteiger partial charge on any atom is 0.280 e. The molecule has 3 heterocycles. The van der Waals surface area contributed by atoms with Crippen molar-refractivity contribution in [2.45, 2.75) is 25.2 Å². The van der Waals surface area contributed by atoms with E-state index in [9.17, 15) is 4.79 Å². The molecular formula is C10H14N5O4PS. The Balaban J connectivity index is 1.81. The molecule has 0 aliphatic carbocycles. The number of aromatic nitrogens is 4. The number of ether oxygens (including phenoxy) is 1. The summed E-state index contributed by atoms with van der Waals surface area (Å²) < 4.78 is 12.6. The summed E-state index contributed by atoms with van der Waals surface area (Å²) in [6.45, 7) is 0.269. The van der Waals surface area contributed by atoms with Gasteiger partial charge in [-0.25, -0.2) is 4.98 Å². The van der Waals surface area contributed by atoms with E-state index in [1.54, 1.807) is 4.57 Å². The van der Waals surface area contributed by atoms with E-state index in [4.69, 9.17) is 19.9 Å². The molecule has 114 valence electrons. The molecule has 1 aliphatic rings. The highest BCUT2D eigenvalue weighted by Crippen LogP contribution is 2.38. The summed E-state index contributed by atoms with van der Waals surface area (Å²) in [5.41, 5.74) is 5.79. The van der Waals surface area contributed by atoms with Gasteiger partial charge in [-0.15, -0.1) is 0 Å². The average Bonchev–Trinajstić information content (AvgIpc) is 3.02. The van der Waals surface area contributed by atoms with E-state index in [-0.39, 0.29) is 36.0 Å². The lowest BCUT2D eigenvalue weighted by Gasteiger charge is -2.15. The highest BCUT2D eigenvalue weighted by atomic mass is 32.7. The number of aromatic amines is 1. The van der Waals surface area contributed by atoms with Gasteiger partial charge in [0, 0.05) is 0 Å². The molecule has 1 saturated heterocycles. The molecule has 0 saturated carbocycles. The number of anilines is 1. The third-order valence-corrected chi connectivity index (χ3v) is 3.95. The quantitative estimate of drug-likeness (QED) is 0.475. The van der Waals surface area contributed by atoms with Crippen LogP contribution in [0.5, 0.6) is 0 Å². The first-order valence-corrected chi connectivity index (χ1v) is 8.59. The van der Waals surface area contributed by atoms with Crippen LogP contribution in [-0.2, 0) is 9.26 Å². The molecule has 0 aromatic carbocycles. The third kappa shape index (κ3) is 3.04. The maximum absolute atomic E-state index is 11.7. The van der Waals surface area contributed by atoms with Gasteiger partial charge in [-0.3, -0.25) is 14.3 Å². The van der Waals surface area contributed by atoms with Crippen LogP contribution in [0.1, 0.15) is 19.1 Å². The predicted octanol–water partition coefficient (Wildman–Crippen LogP) is 0.545. The van der Waals surface area contributed by atoms with Gasteiger partial charge in [0.2, 0.25) is 13.5 Å². The smallest absolute Gasteiger partial charge is 0.280 e. The van der Waals surface area contributed by atoms with Gasteiger partial charge in [-0.2, -0.15) is 4.98 Å². The second-order valence-electron chi connectivity index (χ2n) is 4.61. The standard InChI is InChI=1S/C10H14N5O4PS/c11-10-13-8-7(9(16)14-10)12-4-15(8)6-2-1-5(19-6)3-18-20(17)21/h4-6,17,21H,1-3H2,(H3,11,13,14,16)/t5-,6+,20?/m0/s1. The highest BCUT2D eigenvalue weighted by Gasteiger charge is 2.29. The van der Waals surface area contributed by atoms with Crippen molar-refractivity contribution in [1.82, 2.24) is 19.5 Å². The molecule has 1 fully saturated rings. The predicted molar refractivity (Wildman–Crippen MR) is 79.8 cm³/mol. The van der Waals surface area contributed by atoms with Gasteiger partial charge in [0.05, 0.1) is 19.0 Å². The molecule has 3 rings (SSSR count). The van der Waals surface area contributed by atoms with Crippen LogP contribution in [0.4, 0.5) is 5.95 Å². The number of imidazole rings is 1. The first-order chi connectivity index (χ1) is 10.0. The van der Waals surface area contributed by atoms with Gasteiger partial charge >= 0.3 is 0 Å². The number of hydrogen-bond donors (Lipinski definition) is 4. The molecule has 4 N–H and O–H groups in total. The second-order valence-corrected chi connectivity index (χ2v) is 6.40. The molecular weight excluding hydrogens is 317 g/mol. The Morgan fingerprint density at radius 2 is 2.48 bits per heavy atom. The zero-order chi connectivity index (χ0) is 15.0. The second kappa shape index (κ2) is 5.90. The van der Waals surface area contributed by atoms with Crippen molar-refractivity contribution in [3.63, 3.8) is 0 Å². The average molecular weight is 331 g/mol. The number of hydrogen-bond acceptors (Lipinski definition) is 8. The van der Waals surface area contributed by atoms with Crippen molar-refractivity contribution in [2.24, 2.45) is 0 Å². The normalized spacial score (nSPS) is 23.7. The SMILES string of the molecule is Nc1nc2c(ncn2[C@H]2CC[C@@H](COP(O)S)O2)c(=O)[nH]1. The molecule has 1 aliphatic heterocycles. The molecule has 0 amide bonds. The van der Waals surface area contributed by atoms with Crippen LogP contribution in [0, 0.1) is 0 Å². The maximum atomic E-state index is 11.7. The summed E-state index contributed by atoms with van der Waals surface area (Å²) in [4.78, 5) is 31.3. The minimum atomic E-state index is -1.69. The first-order valence-electron chi connectivity index (χ1n) is 6.23. The van der Waals surface area contributed by atoms with Crippen molar-refractivity contribution in [2.75, 3.05) is 12.3 Å². The van der Waals surface area contributed by atoms with Crippen LogP contribution < -0.4 is 11.3 Å². The number of nitrogen functional groups attached to an aromatic ring is 1. The van der Waals surface area contributed by atoms with Gasteiger partial charge in [-0.05, 0) is 12.8 Å². The minimum Gasteiger partial charge on any atom is -0.369 e. The van der Waals surface area contributed by atoms with Crippen LogP contribution in [0.15, 0.2) is 11.1 Å². The van der Waals surface area contributed by atoms with Crippen molar-refractivity contribution >= 4 is 36.9 Å². The number of rotatable bonds is 4.